The van der Waals surface area contributed by atoms with Gasteiger partial charge in [-0.05, 0) is 53.4 Å². The van der Waals surface area contributed by atoms with Gasteiger partial charge < -0.3 is 4.74 Å². The van der Waals surface area contributed by atoms with Crippen LogP contribution < -0.4 is 4.74 Å². The van der Waals surface area contributed by atoms with Gasteiger partial charge in [-0.15, -0.1) is 0 Å². The van der Waals surface area contributed by atoms with E-state index in [0.717, 1.165) is 22.2 Å². The zero-order chi connectivity index (χ0) is 13.0. The fraction of sp³-hybridized carbons (Fsp3) is 0.600. The molecule has 0 N–H and O–H groups in total. The average Bonchev–Trinajstić information content (AvgIpc) is 2.39. The Hall–Kier alpha value is -0.0200. The summed E-state index contributed by atoms with van der Waals surface area (Å²) >= 11 is 7.26. The van der Waals surface area contributed by atoms with E-state index in [-0.39, 0.29) is 0 Å². The Labute approximate surface area is 127 Å². The second kappa shape index (κ2) is 6.42. The number of hydrogen-bond acceptors (Lipinski definition) is 1. The molecular weight excluding hydrogens is 356 g/mol. The fourth-order valence-corrected chi connectivity index (χ4v) is 3.90. The molecule has 1 aromatic rings. The van der Waals surface area contributed by atoms with Crippen molar-refractivity contribution in [3.8, 4) is 5.75 Å². The Morgan fingerprint density at radius 3 is 2.56 bits per heavy atom. The van der Waals surface area contributed by atoms with E-state index in [2.05, 4.69) is 57.0 Å². The highest BCUT2D eigenvalue weighted by atomic mass is 79.9. The van der Waals surface area contributed by atoms with E-state index < -0.39 is 0 Å². The lowest BCUT2D eigenvalue weighted by atomic mass is 9.76. The van der Waals surface area contributed by atoms with Crippen molar-refractivity contribution in [2.75, 3.05) is 11.9 Å². The highest BCUT2D eigenvalue weighted by Gasteiger charge is 2.32. The van der Waals surface area contributed by atoms with E-state index >= 15 is 0 Å². The van der Waals surface area contributed by atoms with Crippen LogP contribution in [0.15, 0.2) is 22.7 Å². The molecule has 1 nitrogen and oxygen atoms in total. The molecule has 0 heterocycles. The van der Waals surface area contributed by atoms with Gasteiger partial charge in [-0.25, -0.2) is 0 Å². The zero-order valence-electron chi connectivity index (χ0n) is 10.8. The van der Waals surface area contributed by atoms with Gasteiger partial charge in [-0.3, -0.25) is 0 Å². The van der Waals surface area contributed by atoms with Crippen LogP contribution in [0.2, 0.25) is 0 Å². The van der Waals surface area contributed by atoms with Crippen molar-refractivity contribution >= 4 is 31.9 Å². The lowest BCUT2D eigenvalue weighted by Crippen LogP contribution is -2.32. The molecule has 0 aromatic heterocycles. The van der Waals surface area contributed by atoms with Gasteiger partial charge in [-0.2, -0.15) is 0 Å². The minimum absolute atomic E-state index is 0.336. The van der Waals surface area contributed by atoms with Crippen molar-refractivity contribution in [3.05, 3.63) is 28.2 Å². The SMILES string of the molecule is Cc1ccc(OCC2(CBr)CCCCC2)c(Br)c1. The summed E-state index contributed by atoms with van der Waals surface area (Å²) in [6.07, 6.45) is 6.61. The Morgan fingerprint density at radius 2 is 1.94 bits per heavy atom. The summed E-state index contributed by atoms with van der Waals surface area (Å²) < 4.78 is 7.11. The number of ether oxygens (including phenoxy) is 1. The number of benzene rings is 1. The van der Waals surface area contributed by atoms with Gasteiger partial charge in [0, 0.05) is 10.7 Å². The van der Waals surface area contributed by atoms with E-state index in [0.29, 0.717) is 5.41 Å². The zero-order valence-corrected chi connectivity index (χ0v) is 14.0. The predicted molar refractivity (Wildman–Crippen MR) is 83.7 cm³/mol. The lowest BCUT2D eigenvalue weighted by molar-refractivity contribution is 0.121. The van der Waals surface area contributed by atoms with Crippen molar-refractivity contribution in [1.82, 2.24) is 0 Å². The van der Waals surface area contributed by atoms with Crippen molar-refractivity contribution in [2.24, 2.45) is 5.41 Å². The standard InChI is InChI=1S/C15H20Br2O/c1-12-5-6-14(13(17)9-12)18-11-15(10-16)7-3-2-4-8-15/h5-6,9H,2-4,7-8,10-11H2,1H3. The van der Waals surface area contributed by atoms with E-state index in [9.17, 15) is 0 Å². The van der Waals surface area contributed by atoms with E-state index in [4.69, 9.17) is 4.74 Å². The maximum Gasteiger partial charge on any atom is 0.133 e. The molecule has 1 saturated carbocycles. The molecule has 100 valence electrons. The number of alkyl halides is 1. The number of rotatable bonds is 4. The molecular formula is C15H20Br2O. The minimum atomic E-state index is 0.336. The molecule has 18 heavy (non-hydrogen) atoms. The van der Waals surface area contributed by atoms with Crippen molar-refractivity contribution < 1.29 is 4.74 Å². The summed E-state index contributed by atoms with van der Waals surface area (Å²) in [6.45, 7) is 2.91. The Kier molecular flexibility index (Phi) is 5.14. The smallest absolute Gasteiger partial charge is 0.133 e. The summed E-state index contributed by atoms with van der Waals surface area (Å²) in [5.41, 5.74) is 1.59. The third-order valence-corrected chi connectivity index (χ3v) is 5.63. The van der Waals surface area contributed by atoms with Gasteiger partial charge in [0.2, 0.25) is 0 Å². The third-order valence-electron chi connectivity index (χ3n) is 3.82. The van der Waals surface area contributed by atoms with Crippen LogP contribution in [0.1, 0.15) is 37.7 Å². The molecule has 1 aliphatic rings. The Bertz CT molecular complexity index is 397. The first-order chi connectivity index (χ1) is 8.65. The molecule has 0 spiro atoms. The van der Waals surface area contributed by atoms with Crippen molar-refractivity contribution in [1.29, 1.82) is 0 Å². The van der Waals surface area contributed by atoms with Crippen LogP contribution in [0, 0.1) is 12.3 Å². The molecule has 0 unspecified atom stereocenters. The molecule has 0 bridgehead atoms. The van der Waals surface area contributed by atoms with Gasteiger partial charge in [-0.1, -0.05) is 41.3 Å². The van der Waals surface area contributed by atoms with E-state index in [1.165, 1.54) is 37.7 Å². The molecule has 1 fully saturated rings. The first-order valence-corrected chi connectivity index (χ1v) is 8.52. The largest absolute Gasteiger partial charge is 0.492 e. The number of hydrogen-bond donors (Lipinski definition) is 0. The van der Waals surface area contributed by atoms with Crippen LogP contribution in [-0.2, 0) is 0 Å². The topological polar surface area (TPSA) is 9.23 Å². The van der Waals surface area contributed by atoms with Gasteiger partial charge in [0.25, 0.3) is 0 Å². The predicted octanol–water partition coefficient (Wildman–Crippen LogP) is 5.48. The quantitative estimate of drug-likeness (QED) is 0.633. The van der Waals surface area contributed by atoms with Gasteiger partial charge >= 0.3 is 0 Å². The summed E-state index contributed by atoms with van der Waals surface area (Å²) in [5.74, 6) is 0.964. The molecule has 0 saturated heterocycles. The lowest BCUT2D eigenvalue weighted by Gasteiger charge is -2.35. The summed E-state index contributed by atoms with van der Waals surface area (Å²) in [6, 6.07) is 6.27. The second-order valence-corrected chi connectivity index (χ2v) is 6.83. The third kappa shape index (κ3) is 3.51. The maximum atomic E-state index is 6.05. The molecule has 3 heteroatoms. The van der Waals surface area contributed by atoms with Gasteiger partial charge in [0.1, 0.15) is 5.75 Å². The van der Waals surface area contributed by atoms with Crippen LogP contribution in [0.4, 0.5) is 0 Å². The second-order valence-electron chi connectivity index (χ2n) is 5.42. The van der Waals surface area contributed by atoms with Crippen LogP contribution in [0.3, 0.4) is 0 Å². The Morgan fingerprint density at radius 1 is 1.22 bits per heavy atom. The molecule has 0 aliphatic heterocycles. The van der Waals surface area contributed by atoms with Gasteiger partial charge in [0.15, 0.2) is 0 Å². The van der Waals surface area contributed by atoms with Gasteiger partial charge in [0.05, 0.1) is 11.1 Å². The number of halogens is 2. The highest BCUT2D eigenvalue weighted by molar-refractivity contribution is 9.10. The first-order valence-electron chi connectivity index (χ1n) is 6.60. The fourth-order valence-electron chi connectivity index (χ4n) is 2.57. The van der Waals surface area contributed by atoms with Crippen molar-refractivity contribution in [3.63, 3.8) is 0 Å². The monoisotopic (exact) mass is 374 g/mol. The first kappa shape index (κ1) is 14.4. The molecule has 1 aliphatic carbocycles. The number of aryl methyl sites for hydroxylation is 1. The molecule has 0 atom stereocenters. The highest BCUT2D eigenvalue weighted by Crippen LogP contribution is 2.39. The van der Waals surface area contributed by atoms with Crippen LogP contribution in [0.5, 0.6) is 5.75 Å². The summed E-state index contributed by atoms with van der Waals surface area (Å²) in [4.78, 5) is 0. The molecule has 2 rings (SSSR count). The van der Waals surface area contributed by atoms with E-state index in [1.54, 1.807) is 0 Å². The molecule has 0 amide bonds. The van der Waals surface area contributed by atoms with Crippen LogP contribution in [0.25, 0.3) is 0 Å². The molecule has 0 radical (unpaired) electrons. The Balaban J connectivity index is 2.01. The maximum absolute atomic E-state index is 6.05. The van der Waals surface area contributed by atoms with Crippen LogP contribution in [-0.4, -0.2) is 11.9 Å². The van der Waals surface area contributed by atoms with E-state index in [1.807, 2.05) is 0 Å². The average molecular weight is 376 g/mol. The summed E-state index contributed by atoms with van der Waals surface area (Å²) in [7, 11) is 0. The summed E-state index contributed by atoms with van der Waals surface area (Å²) in [5, 5.41) is 1.05. The minimum Gasteiger partial charge on any atom is -0.492 e. The normalized spacial score (nSPS) is 18.6. The molecule has 1 aromatic carbocycles. The van der Waals surface area contributed by atoms with Crippen LogP contribution >= 0.6 is 31.9 Å². The van der Waals surface area contributed by atoms with Crippen molar-refractivity contribution in [2.45, 2.75) is 39.0 Å².